The summed E-state index contributed by atoms with van der Waals surface area (Å²) in [6, 6.07) is 2.02. The Labute approximate surface area is 142 Å². The lowest BCUT2D eigenvalue weighted by atomic mass is 9.78. The van der Waals surface area contributed by atoms with Gasteiger partial charge >= 0.3 is 7.12 Å². The third-order valence-corrected chi connectivity index (χ3v) is 4.53. The van der Waals surface area contributed by atoms with Crippen LogP contribution >= 0.6 is 0 Å². The van der Waals surface area contributed by atoms with Crippen molar-refractivity contribution in [1.82, 2.24) is 0 Å². The van der Waals surface area contributed by atoms with Crippen molar-refractivity contribution in [2.45, 2.75) is 64.8 Å². The predicted molar refractivity (Wildman–Crippen MR) is 88.5 cm³/mol. The maximum Gasteiger partial charge on any atom is 0.497 e. The van der Waals surface area contributed by atoms with Crippen LogP contribution in [0.1, 0.15) is 48.0 Å². The van der Waals surface area contributed by atoms with Gasteiger partial charge in [0.1, 0.15) is 5.82 Å². The smallest absolute Gasteiger partial charge is 0.490 e. The highest BCUT2D eigenvalue weighted by molar-refractivity contribution is 6.62. The summed E-state index contributed by atoms with van der Waals surface area (Å²) in [5.41, 5.74) is -2.20. The molecule has 1 fully saturated rings. The van der Waals surface area contributed by atoms with Crippen molar-refractivity contribution in [2.75, 3.05) is 6.61 Å². The standard InChI is InChI=1S/C17H25BF2O4/c1-15(2,21)7-8-22-14-10-12(19)11(9-13(14)20)18-23-16(3,4)17(5,6)24-18/h9-10,21H,7-8H2,1-6H3. The third-order valence-electron chi connectivity index (χ3n) is 4.53. The van der Waals surface area contributed by atoms with Crippen LogP contribution in [-0.4, -0.2) is 35.6 Å². The van der Waals surface area contributed by atoms with Gasteiger partial charge in [-0.3, -0.25) is 0 Å². The van der Waals surface area contributed by atoms with Gasteiger partial charge in [0.05, 0.1) is 23.4 Å². The van der Waals surface area contributed by atoms with Gasteiger partial charge in [-0.05, 0) is 47.6 Å². The summed E-state index contributed by atoms with van der Waals surface area (Å²) in [6.07, 6.45) is 0.299. The number of hydrogen-bond acceptors (Lipinski definition) is 4. The molecule has 1 N–H and O–H groups in total. The monoisotopic (exact) mass is 342 g/mol. The minimum atomic E-state index is -0.977. The zero-order chi connectivity index (χ0) is 18.3. The van der Waals surface area contributed by atoms with Crippen LogP contribution in [0, 0.1) is 11.6 Å². The molecule has 1 aliphatic rings. The van der Waals surface area contributed by atoms with E-state index < -0.39 is 35.6 Å². The molecule has 0 aromatic heterocycles. The molecular weight excluding hydrogens is 317 g/mol. The normalized spacial score (nSPS) is 19.6. The predicted octanol–water partition coefficient (Wildman–Crippen LogP) is 2.80. The molecule has 0 spiro atoms. The highest BCUT2D eigenvalue weighted by Crippen LogP contribution is 2.37. The van der Waals surface area contributed by atoms with Gasteiger partial charge in [-0.2, -0.15) is 0 Å². The van der Waals surface area contributed by atoms with Gasteiger partial charge in [0.15, 0.2) is 11.6 Å². The fraction of sp³-hybridized carbons (Fsp3) is 0.647. The van der Waals surface area contributed by atoms with Crippen molar-refractivity contribution in [3.8, 4) is 5.75 Å². The second-order valence-corrected chi connectivity index (χ2v) is 7.80. The molecule has 24 heavy (non-hydrogen) atoms. The molecule has 0 atom stereocenters. The Morgan fingerprint density at radius 3 is 2.12 bits per heavy atom. The van der Waals surface area contributed by atoms with Crippen LogP contribution in [0.15, 0.2) is 12.1 Å². The van der Waals surface area contributed by atoms with E-state index in [0.29, 0.717) is 6.42 Å². The summed E-state index contributed by atoms with van der Waals surface area (Å²) in [5.74, 6) is -1.55. The van der Waals surface area contributed by atoms with Crippen molar-refractivity contribution in [3.63, 3.8) is 0 Å². The zero-order valence-corrected chi connectivity index (χ0v) is 15.1. The number of ether oxygens (including phenoxy) is 1. The minimum Gasteiger partial charge on any atom is -0.490 e. The summed E-state index contributed by atoms with van der Waals surface area (Å²) >= 11 is 0. The van der Waals surface area contributed by atoms with Gasteiger partial charge in [-0.25, -0.2) is 8.78 Å². The van der Waals surface area contributed by atoms with Gasteiger partial charge in [0, 0.05) is 17.9 Å². The molecule has 134 valence electrons. The minimum absolute atomic E-state index is 0.000915. The van der Waals surface area contributed by atoms with E-state index >= 15 is 0 Å². The molecule has 1 saturated heterocycles. The number of benzene rings is 1. The highest BCUT2D eigenvalue weighted by Gasteiger charge is 2.52. The Balaban J connectivity index is 2.16. The fourth-order valence-corrected chi connectivity index (χ4v) is 2.22. The molecule has 1 aliphatic heterocycles. The Kier molecular flexibility index (Phi) is 5.01. The third kappa shape index (κ3) is 4.07. The molecule has 0 aliphatic carbocycles. The van der Waals surface area contributed by atoms with Gasteiger partial charge in [0.2, 0.25) is 0 Å². The molecule has 0 unspecified atom stereocenters. The fourth-order valence-electron chi connectivity index (χ4n) is 2.22. The van der Waals surface area contributed by atoms with E-state index in [9.17, 15) is 13.9 Å². The van der Waals surface area contributed by atoms with Crippen LogP contribution in [-0.2, 0) is 9.31 Å². The van der Waals surface area contributed by atoms with E-state index in [-0.39, 0.29) is 17.8 Å². The van der Waals surface area contributed by atoms with Gasteiger partial charge in [-0.1, -0.05) is 0 Å². The molecule has 2 rings (SSSR count). The Morgan fingerprint density at radius 2 is 1.62 bits per heavy atom. The molecule has 1 aromatic carbocycles. The lowest BCUT2D eigenvalue weighted by Crippen LogP contribution is -2.41. The topological polar surface area (TPSA) is 47.9 Å². The number of aliphatic hydroxyl groups is 1. The van der Waals surface area contributed by atoms with Gasteiger partial charge in [-0.15, -0.1) is 0 Å². The molecule has 0 radical (unpaired) electrons. The summed E-state index contributed by atoms with van der Waals surface area (Å²) in [4.78, 5) is 0. The molecule has 1 aromatic rings. The van der Waals surface area contributed by atoms with Crippen molar-refractivity contribution in [2.24, 2.45) is 0 Å². The second-order valence-electron chi connectivity index (χ2n) is 7.80. The first-order chi connectivity index (χ1) is 10.8. The first-order valence-electron chi connectivity index (χ1n) is 8.02. The first-order valence-corrected chi connectivity index (χ1v) is 8.02. The van der Waals surface area contributed by atoms with E-state index in [4.69, 9.17) is 14.0 Å². The van der Waals surface area contributed by atoms with E-state index in [0.717, 1.165) is 12.1 Å². The van der Waals surface area contributed by atoms with Crippen LogP contribution in [0.3, 0.4) is 0 Å². The molecule has 0 amide bonds. The Morgan fingerprint density at radius 1 is 1.08 bits per heavy atom. The number of hydrogen-bond donors (Lipinski definition) is 1. The maximum atomic E-state index is 14.4. The molecule has 0 bridgehead atoms. The van der Waals surface area contributed by atoms with Crippen LogP contribution in [0.5, 0.6) is 5.75 Å². The lowest BCUT2D eigenvalue weighted by molar-refractivity contribution is 0.00578. The highest BCUT2D eigenvalue weighted by atomic mass is 19.1. The van der Waals surface area contributed by atoms with E-state index in [2.05, 4.69) is 0 Å². The number of halogens is 2. The van der Waals surface area contributed by atoms with E-state index in [1.165, 1.54) is 0 Å². The van der Waals surface area contributed by atoms with Crippen LogP contribution in [0.4, 0.5) is 8.78 Å². The zero-order valence-electron chi connectivity index (χ0n) is 15.1. The Hall–Kier alpha value is -1.18. The van der Waals surface area contributed by atoms with Crippen LogP contribution in [0.25, 0.3) is 0 Å². The summed E-state index contributed by atoms with van der Waals surface area (Å²) in [5, 5.41) is 9.62. The van der Waals surface area contributed by atoms with Crippen molar-refractivity contribution in [3.05, 3.63) is 23.8 Å². The first kappa shape index (κ1) is 19.2. The Bertz CT molecular complexity index is 595. The molecular formula is C17H25BF2O4. The van der Waals surface area contributed by atoms with E-state index in [1.54, 1.807) is 13.8 Å². The summed E-state index contributed by atoms with van der Waals surface area (Å²) in [6.45, 7) is 10.7. The largest absolute Gasteiger partial charge is 0.497 e. The molecule has 1 heterocycles. The average molecular weight is 342 g/mol. The van der Waals surface area contributed by atoms with Gasteiger partial charge < -0.3 is 19.2 Å². The SMILES string of the molecule is CC(C)(O)CCOc1cc(F)c(B2OC(C)(C)C(C)(C)O2)cc1F. The molecule has 7 heteroatoms. The van der Waals surface area contributed by atoms with E-state index in [1.807, 2.05) is 27.7 Å². The van der Waals surface area contributed by atoms with Crippen LogP contribution < -0.4 is 10.2 Å². The average Bonchev–Trinajstić information content (AvgIpc) is 2.60. The maximum absolute atomic E-state index is 14.4. The quantitative estimate of drug-likeness (QED) is 0.836. The van der Waals surface area contributed by atoms with Crippen molar-refractivity contribution in [1.29, 1.82) is 0 Å². The van der Waals surface area contributed by atoms with Crippen molar-refractivity contribution >= 4 is 12.6 Å². The molecule has 0 saturated carbocycles. The van der Waals surface area contributed by atoms with Crippen molar-refractivity contribution < 1.29 is 27.9 Å². The lowest BCUT2D eigenvalue weighted by Gasteiger charge is -2.32. The van der Waals surface area contributed by atoms with Crippen LogP contribution in [0.2, 0.25) is 0 Å². The summed E-state index contributed by atoms with van der Waals surface area (Å²) in [7, 11) is -0.977. The summed E-state index contributed by atoms with van der Waals surface area (Å²) < 4.78 is 45.3. The molecule has 4 nitrogen and oxygen atoms in total. The van der Waals surface area contributed by atoms with Gasteiger partial charge in [0.25, 0.3) is 0 Å². The number of rotatable bonds is 5. The second kappa shape index (κ2) is 6.28.